The number of nitrogens with zero attached hydrogens (tertiary/aromatic N) is 3. The Morgan fingerprint density at radius 3 is 2.09 bits per heavy atom. The van der Waals surface area contributed by atoms with Crippen LogP contribution >= 0.6 is 0 Å². The first-order valence-corrected chi connectivity index (χ1v) is 10.8. The van der Waals surface area contributed by atoms with E-state index in [4.69, 9.17) is 9.47 Å². The second-order valence-electron chi connectivity index (χ2n) is 7.76. The average molecular weight is 451 g/mol. The number of carbonyl (C=O) groups is 2. The third kappa shape index (κ3) is 5.71. The van der Waals surface area contributed by atoms with Crippen molar-refractivity contribution in [1.82, 2.24) is 14.5 Å². The molecule has 1 N–H and O–H groups in total. The van der Waals surface area contributed by atoms with Crippen LogP contribution in [0.5, 0.6) is 11.5 Å². The molecule has 8 nitrogen and oxygen atoms in total. The molecule has 3 aromatic rings. The fraction of sp³-hybridized carbons (Fsp3) is 0.320. The van der Waals surface area contributed by atoms with Crippen molar-refractivity contribution in [2.45, 2.75) is 33.2 Å². The van der Waals surface area contributed by atoms with Crippen LogP contribution in [0.3, 0.4) is 0 Å². The van der Waals surface area contributed by atoms with Gasteiger partial charge < -0.3 is 14.4 Å². The van der Waals surface area contributed by atoms with Gasteiger partial charge in [-0.1, -0.05) is 6.92 Å². The van der Waals surface area contributed by atoms with Gasteiger partial charge in [-0.3, -0.25) is 19.5 Å². The molecule has 0 unspecified atom stereocenters. The minimum absolute atomic E-state index is 0.0440. The smallest absolute Gasteiger partial charge is 0.246 e. The predicted octanol–water partition coefficient (Wildman–Crippen LogP) is 4.14. The SMILES string of the molecule is CCC(=O)N(CC(=O)Nc1nc(-c2ccc(OC)cc2)cn1-c1ccc(OC)cc1)C(C)C. The Hall–Kier alpha value is -3.81. The zero-order valence-corrected chi connectivity index (χ0v) is 19.7. The molecule has 0 spiro atoms. The highest BCUT2D eigenvalue weighted by molar-refractivity contribution is 5.94. The number of aromatic nitrogens is 2. The predicted molar refractivity (Wildman–Crippen MR) is 128 cm³/mol. The molecule has 0 aliphatic rings. The van der Waals surface area contributed by atoms with Gasteiger partial charge in [0.05, 0.1) is 19.9 Å². The monoisotopic (exact) mass is 450 g/mol. The Labute approximate surface area is 194 Å². The van der Waals surface area contributed by atoms with Crippen molar-refractivity contribution in [1.29, 1.82) is 0 Å². The van der Waals surface area contributed by atoms with E-state index in [0.717, 1.165) is 22.7 Å². The minimum atomic E-state index is -0.313. The van der Waals surface area contributed by atoms with Gasteiger partial charge in [-0.25, -0.2) is 4.98 Å². The van der Waals surface area contributed by atoms with Gasteiger partial charge in [0.15, 0.2) is 0 Å². The van der Waals surface area contributed by atoms with Crippen LogP contribution in [0.2, 0.25) is 0 Å². The lowest BCUT2D eigenvalue weighted by Gasteiger charge is -2.25. The Bertz CT molecular complexity index is 1090. The summed E-state index contributed by atoms with van der Waals surface area (Å²) in [5.41, 5.74) is 2.38. The molecule has 0 aliphatic carbocycles. The van der Waals surface area contributed by atoms with Gasteiger partial charge in [0.25, 0.3) is 0 Å². The van der Waals surface area contributed by atoms with E-state index in [2.05, 4.69) is 10.3 Å². The summed E-state index contributed by atoms with van der Waals surface area (Å²) in [6.07, 6.45) is 2.20. The molecule has 1 heterocycles. The highest BCUT2D eigenvalue weighted by Crippen LogP contribution is 2.27. The van der Waals surface area contributed by atoms with Gasteiger partial charge in [0.2, 0.25) is 17.8 Å². The maximum atomic E-state index is 12.9. The summed E-state index contributed by atoms with van der Waals surface area (Å²) in [4.78, 5) is 31.3. The molecule has 2 amide bonds. The van der Waals surface area contributed by atoms with Gasteiger partial charge in [-0.2, -0.15) is 0 Å². The minimum Gasteiger partial charge on any atom is -0.497 e. The molecular weight excluding hydrogens is 420 g/mol. The molecule has 174 valence electrons. The number of methoxy groups -OCH3 is 2. The van der Waals surface area contributed by atoms with Gasteiger partial charge >= 0.3 is 0 Å². The van der Waals surface area contributed by atoms with Crippen LogP contribution in [0.1, 0.15) is 27.2 Å². The summed E-state index contributed by atoms with van der Waals surface area (Å²) >= 11 is 0. The van der Waals surface area contributed by atoms with Gasteiger partial charge in [-0.15, -0.1) is 0 Å². The molecule has 0 bridgehead atoms. The van der Waals surface area contributed by atoms with E-state index in [9.17, 15) is 9.59 Å². The number of hydrogen-bond acceptors (Lipinski definition) is 5. The first-order chi connectivity index (χ1) is 15.9. The van der Waals surface area contributed by atoms with E-state index in [0.29, 0.717) is 18.1 Å². The standard InChI is InChI=1S/C25H30N4O4/c1-6-24(31)28(17(2)3)16-23(30)27-25-26-22(18-7-11-20(32-4)12-8-18)15-29(25)19-9-13-21(33-5)14-10-19/h7-15,17H,6,16H2,1-5H3,(H,26,27,30). The number of anilines is 1. The lowest BCUT2D eigenvalue weighted by Crippen LogP contribution is -2.42. The van der Waals surface area contributed by atoms with Gasteiger partial charge in [0.1, 0.15) is 18.0 Å². The van der Waals surface area contributed by atoms with E-state index in [-0.39, 0.29) is 24.4 Å². The quantitative estimate of drug-likeness (QED) is 0.530. The number of carbonyl (C=O) groups excluding carboxylic acids is 2. The lowest BCUT2D eigenvalue weighted by molar-refractivity contribution is -0.136. The summed E-state index contributed by atoms with van der Waals surface area (Å²) in [6.45, 7) is 5.52. The van der Waals surface area contributed by atoms with Crippen molar-refractivity contribution in [2.24, 2.45) is 0 Å². The molecule has 1 aromatic heterocycles. The van der Waals surface area contributed by atoms with Crippen LogP contribution in [-0.2, 0) is 9.59 Å². The number of rotatable bonds is 9. The number of ether oxygens (including phenoxy) is 2. The summed E-state index contributed by atoms with van der Waals surface area (Å²) in [5.74, 6) is 1.45. The van der Waals surface area contributed by atoms with Gasteiger partial charge in [-0.05, 0) is 62.4 Å². The third-order valence-electron chi connectivity index (χ3n) is 5.25. The molecule has 33 heavy (non-hydrogen) atoms. The summed E-state index contributed by atoms with van der Waals surface area (Å²) in [5, 5.41) is 2.88. The third-order valence-corrected chi connectivity index (χ3v) is 5.25. The van der Waals surface area contributed by atoms with Crippen molar-refractivity contribution < 1.29 is 19.1 Å². The highest BCUT2D eigenvalue weighted by Gasteiger charge is 2.21. The lowest BCUT2D eigenvalue weighted by atomic mass is 10.1. The fourth-order valence-corrected chi connectivity index (χ4v) is 3.39. The topological polar surface area (TPSA) is 85.7 Å². The second kappa shape index (κ2) is 10.7. The molecule has 0 radical (unpaired) electrons. The van der Waals surface area contributed by atoms with E-state index >= 15 is 0 Å². The summed E-state index contributed by atoms with van der Waals surface area (Å²) in [6, 6.07) is 14.9. The van der Waals surface area contributed by atoms with Crippen molar-refractivity contribution >= 4 is 17.8 Å². The molecule has 0 fully saturated rings. The van der Waals surface area contributed by atoms with Crippen LogP contribution in [0.4, 0.5) is 5.95 Å². The average Bonchev–Trinajstić information content (AvgIpc) is 3.25. The molecule has 8 heteroatoms. The molecule has 0 aliphatic heterocycles. The molecule has 2 aromatic carbocycles. The van der Waals surface area contributed by atoms with Crippen LogP contribution in [0, 0.1) is 0 Å². The molecule has 0 atom stereocenters. The zero-order chi connectivity index (χ0) is 24.0. The van der Waals surface area contributed by atoms with Crippen molar-refractivity contribution in [3.05, 3.63) is 54.7 Å². The number of nitrogens with one attached hydrogen (secondary N) is 1. The molecule has 3 rings (SSSR count). The summed E-state index contributed by atoms with van der Waals surface area (Å²) < 4.78 is 12.3. The van der Waals surface area contributed by atoms with E-state index in [1.54, 1.807) is 30.6 Å². The Balaban J connectivity index is 1.94. The van der Waals surface area contributed by atoms with Gasteiger partial charge in [0, 0.05) is 29.9 Å². The molecule has 0 saturated heterocycles. The van der Waals surface area contributed by atoms with Crippen LogP contribution < -0.4 is 14.8 Å². The maximum Gasteiger partial charge on any atom is 0.246 e. The highest BCUT2D eigenvalue weighted by atomic mass is 16.5. The fourth-order valence-electron chi connectivity index (χ4n) is 3.39. The Morgan fingerprint density at radius 2 is 1.58 bits per heavy atom. The summed E-state index contributed by atoms with van der Waals surface area (Å²) in [7, 11) is 3.22. The van der Waals surface area contributed by atoms with E-state index in [1.807, 2.05) is 68.6 Å². The second-order valence-corrected chi connectivity index (χ2v) is 7.76. The first-order valence-electron chi connectivity index (χ1n) is 10.8. The Morgan fingerprint density at radius 1 is 1.00 bits per heavy atom. The van der Waals surface area contributed by atoms with Crippen LogP contribution in [0.15, 0.2) is 54.7 Å². The Kier molecular flexibility index (Phi) is 7.71. The number of amides is 2. The largest absolute Gasteiger partial charge is 0.497 e. The molecular formula is C25H30N4O4. The van der Waals surface area contributed by atoms with E-state index in [1.165, 1.54) is 0 Å². The normalized spacial score (nSPS) is 10.7. The van der Waals surface area contributed by atoms with Crippen molar-refractivity contribution in [3.8, 4) is 28.4 Å². The number of imidazole rings is 1. The number of benzene rings is 2. The zero-order valence-electron chi connectivity index (χ0n) is 19.7. The van der Waals surface area contributed by atoms with Crippen molar-refractivity contribution in [3.63, 3.8) is 0 Å². The van der Waals surface area contributed by atoms with E-state index < -0.39 is 0 Å². The number of hydrogen-bond donors (Lipinski definition) is 1. The van der Waals surface area contributed by atoms with Crippen molar-refractivity contribution in [2.75, 3.05) is 26.1 Å². The van der Waals surface area contributed by atoms with Crippen LogP contribution in [-0.4, -0.2) is 53.1 Å². The van der Waals surface area contributed by atoms with Crippen LogP contribution in [0.25, 0.3) is 16.9 Å². The first kappa shape index (κ1) is 23.8. The maximum absolute atomic E-state index is 12.9. The molecule has 0 saturated carbocycles.